The summed E-state index contributed by atoms with van der Waals surface area (Å²) in [7, 11) is 0. The summed E-state index contributed by atoms with van der Waals surface area (Å²) in [5.74, 6) is -0.489. The summed E-state index contributed by atoms with van der Waals surface area (Å²) in [4.78, 5) is 10.9. The summed E-state index contributed by atoms with van der Waals surface area (Å²) in [5.41, 5.74) is 3.49. The molecule has 0 spiro atoms. The van der Waals surface area contributed by atoms with Gasteiger partial charge in [-0.25, -0.2) is 4.79 Å². The van der Waals surface area contributed by atoms with Crippen LogP contribution in [0, 0.1) is 0 Å². The Morgan fingerprint density at radius 1 is 1.53 bits per heavy atom. The normalized spacial score (nSPS) is 10.5. The summed E-state index contributed by atoms with van der Waals surface area (Å²) >= 11 is 11.8. The molecule has 1 rings (SSSR count). The Balaban J connectivity index is 2.45. The van der Waals surface area contributed by atoms with E-state index in [0.717, 1.165) is 11.8 Å². The van der Waals surface area contributed by atoms with E-state index in [-0.39, 0.29) is 0 Å². The van der Waals surface area contributed by atoms with Gasteiger partial charge in [-0.15, -0.1) is 0 Å². The summed E-state index contributed by atoms with van der Waals surface area (Å²) in [6.07, 6.45) is 1.07. The van der Waals surface area contributed by atoms with Gasteiger partial charge in [0.05, 0.1) is 13.2 Å². The van der Waals surface area contributed by atoms with E-state index in [2.05, 4.69) is 15.3 Å². The highest BCUT2D eigenvalue weighted by Gasteiger charge is 2.00. The Bertz CT molecular complexity index is 422. The smallest absolute Gasteiger partial charge is 0.351 e. The fraction of sp³-hybridized carbons (Fsp3) is 0.273. The van der Waals surface area contributed by atoms with E-state index in [1.54, 1.807) is 25.1 Å². The predicted molar refractivity (Wildman–Crippen MR) is 68.4 cm³/mol. The molecule has 1 aromatic carbocycles. The van der Waals surface area contributed by atoms with Crippen molar-refractivity contribution < 1.29 is 9.53 Å². The standard InChI is InChI=1S/C11H12Cl2N2O2/c1-2-17-11(16)7-15-14-6-8-5-9(12)3-4-10(8)13/h3-5,7,14H,2,6H2,1H3/b15-7+. The maximum Gasteiger partial charge on any atom is 0.351 e. The van der Waals surface area contributed by atoms with E-state index in [0.29, 0.717) is 23.2 Å². The summed E-state index contributed by atoms with van der Waals surface area (Å²) in [6.45, 7) is 2.44. The van der Waals surface area contributed by atoms with Crippen LogP contribution in [0.15, 0.2) is 23.3 Å². The highest BCUT2D eigenvalue weighted by molar-refractivity contribution is 6.33. The van der Waals surface area contributed by atoms with Crippen LogP contribution in [0.4, 0.5) is 0 Å². The molecule has 6 heteroatoms. The first-order valence-corrected chi connectivity index (χ1v) is 5.75. The van der Waals surface area contributed by atoms with Gasteiger partial charge in [-0.2, -0.15) is 5.10 Å². The number of nitrogens with zero attached hydrogens (tertiary/aromatic N) is 1. The van der Waals surface area contributed by atoms with Crippen molar-refractivity contribution in [1.82, 2.24) is 5.43 Å². The van der Waals surface area contributed by atoms with Gasteiger partial charge in [0, 0.05) is 10.0 Å². The number of rotatable bonds is 5. The van der Waals surface area contributed by atoms with Gasteiger partial charge < -0.3 is 10.2 Å². The van der Waals surface area contributed by atoms with Crippen LogP contribution in [0.3, 0.4) is 0 Å². The molecule has 0 aromatic heterocycles. The maximum atomic E-state index is 10.9. The number of carbonyl (C=O) groups excluding carboxylic acids is 1. The zero-order valence-electron chi connectivity index (χ0n) is 9.24. The molecule has 0 bridgehead atoms. The monoisotopic (exact) mass is 274 g/mol. The third-order valence-corrected chi connectivity index (χ3v) is 2.43. The molecule has 92 valence electrons. The number of carbonyl (C=O) groups is 1. The lowest BCUT2D eigenvalue weighted by Gasteiger charge is -2.04. The van der Waals surface area contributed by atoms with Gasteiger partial charge >= 0.3 is 5.97 Å². The molecule has 0 fully saturated rings. The molecule has 0 aliphatic carbocycles. The summed E-state index contributed by atoms with van der Waals surface area (Å²) in [6, 6.07) is 5.14. The Hall–Kier alpha value is -1.26. The minimum Gasteiger partial charge on any atom is -0.462 e. The topological polar surface area (TPSA) is 50.7 Å². The molecule has 0 radical (unpaired) electrons. The van der Waals surface area contributed by atoms with Crippen LogP contribution in [0.1, 0.15) is 12.5 Å². The minimum absolute atomic E-state index is 0.324. The molecule has 0 amide bonds. The van der Waals surface area contributed by atoms with Crippen LogP contribution in [-0.4, -0.2) is 18.8 Å². The van der Waals surface area contributed by atoms with Crippen LogP contribution >= 0.6 is 23.2 Å². The lowest BCUT2D eigenvalue weighted by molar-refractivity contribution is -0.134. The molecule has 0 aliphatic rings. The number of nitrogens with one attached hydrogen (secondary N) is 1. The average Bonchev–Trinajstić information content (AvgIpc) is 2.29. The molecule has 0 saturated carbocycles. The van der Waals surface area contributed by atoms with Gasteiger partial charge in [-0.1, -0.05) is 23.2 Å². The molecular weight excluding hydrogens is 263 g/mol. The minimum atomic E-state index is -0.489. The van der Waals surface area contributed by atoms with Crippen molar-refractivity contribution in [3.63, 3.8) is 0 Å². The molecule has 0 aliphatic heterocycles. The Labute approximate surface area is 110 Å². The average molecular weight is 275 g/mol. The van der Waals surface area contributed by atoms with Crippen molar-refractivity contribution in [3.8, 4) is 0 Å². The van der Waals surface area contributed by atoms with E-state index in [1.165, 1.54) is 0 Å². The van der Waals surface area contributed by atoms with Gasteiger partial charge in [-0.05, 0) is 30.7 Å². The number of hydrazone groups is 1. The van der Waals surface area contributed by atoms with E-state index < -0.39 is 5.97 Å². The largest absolute Gasteiger partial charge is 0.462 e. The third-order valence-electron chi connectivity index (χ3n) is 1.83. The van der Waals surface area contributed by atoms with Crippen molar-refractivity contribution >= 4 is 35.4 Å². The Kier molecular flexibility index (Phi) is 5.80. The van der Waals surface area contributed by atoms with Gasteiger partial charge in [0.25, 0.3) is 0 Å². The van der Waals surface area contributed by atoms with Gasteiger partial charge in [-0.3, -0.25) is 0 Å². The number of benzene rings is 1. The Morgan fingerprint density at radius 3 is 3.00 bits per heavy atom. The quantitative estimate of drug-likeness (QED) is 0.510. The van der Waals surface area contributed by atoms with E-state index in [1.807, 2.05) is 0 Å². The zero-order valence-corrected chi connectivity index (χ0v) is 10.8. The number of hydrogen-bond acceptors (Lipinski definition) is 4. The zero-order chi connectivity index (χ0) is 12.7. The van der Waals surface area contributed by atoms with E-state index >= 15 is 0 Å². The van der Waals surface area contributed by atoms with Gasteiger partial charge in [0.15, 0.2) is 0 Å². The van der Waals surface area contributed by atoms with Crippen LogP contribution in [0.5, 0.6) is 0 Å². The van der Waals surface area contributed by atoms with Crippen LogP contribution in [0.2, 0.25) is 10.0 Å². The van der Waals surface area contributed by atoms with Crippen LogP contribution in [0.25, 0.3) is 0 Å². The van der Waals surface area contributed by atoms with Crippen LogP contribution in [-0.2, 0) is 16.1 Å². The highest BCUT2D eigenvalue weighted by atomic mass is 35.5. The van der Waals surface area contributed by atoms with Crippen LogP contribution < -0.4 is 5.43 Å². The molecule has 4 nitrogen and oxygen atoms in total. The van der Waals surface area contributed by atoms with Gasteiger partial charge in [0.2, 0.25) is 0 Å². The molecule has 0 unspecified atom stereocenters. The fourth-order valence-corrected chi connectivity index (χ4v) is 1.47. The van der Waals surface area contributed by atoms with Crippen molar-refractivity contribution in [2.45, 2.75) is 13.5 Å². The molecule has 1 aromatic rings. The third kappa shape index (κ3) is 5.06. The molecule has 0 heterocycles. The SMILES string of the molecule is CCOC(=O)/C=N/NCc1cc(Cl)ccc1Cl. The Morgan fingerprint density at radius 2 is 2.29 bits per heavy atom. The van der Waals surface area contributed by atoms with Crippen molar-refractivity contribution in [2.75, 3.05) is 6.61 Å². The molecule has 1 N–H and O–H groups in total. The fourth-order valence-electron chi connectivity index (χ4n) is 1.09. The maximum absolute atomic E-state index is 10.9. The lowest BCUT2D eigenvalue weighted by Crippen LogP contribution is -2.11. The second kappa shape index (κ2) is 7.14. The first-order chi connectivity index (χ1) is 8.13. The second-order valence-electron chi connectivity index (χ2n) is 3.08. The molecule has 0 atom stereocenters. The van der Waals surface area contributed by atoms with Gasteiger partial charge in [0.1, 0.15) is 6.21 Å². The predicted octanol–water partition coefficient (Wildman–Crippen LogP) is 2.63. The van der Waals surface area contributed by atoms with Crippen molar-refractivity contribution in [3.05, 3.63) is 33.8 Å². The highest BCUT2D eigenvalue weighted by Crippen LogP contribution is 2.20. The van der Waals surface area contributed by atoms with Crippen molar-refractivity contribution in [2.24, 2.45) is 5.10 Å². The first-order valence-electron chi connectivity index (χ1n) is 5.00. The second-order valence-corrected chi connectivity index (χ2v) is 3.92. The number of hydrogen-bond donors (Lipinski definition) is 1. The molecule has 0 saturated heterocycles. The van der Waals surface area contributed by atoms with E-state index in [4.69, 9.17) is 23.2 Å². The van der Waals surface area contributed by atoms with E-state index in [9.17, 15) is 4.79 Å². The molecule has 17 heavy (non-hydrogen) atoms. The summed E-state index contributed by atoms with van der Waals surface area (Å²) < 4.78 is 4.66. The molecular formula is C11H12Cl2N2O2. The number of esters is 1. The number of ether oxygens (including phenoxy) is 1. The summed E-state index contributed by atoms with van der Waals surface area (Å²) in [5, 5.41) is 4.89. The number of halogens is 2. The van der Waals surface area contributed by atoms with Crippen molar-refractivity contribution in [1.29, 1.82) is 0 Å². The first kappa shape index (κ1) is 13.8. The lowest BCUT2D eigenvalue weighted by atomic mass is 10.2.